The van der Waals surface area contributed by atoms with Crippen molar-refractivity contribution in [2.45, 2.75) is 55.4 Å². The molecule has 3 nitrogen and oxygen atoms in total. The topological polar surface area (TPSA) is 35.5 Å². The van der Waals surface area contributed by atoms with Crippen molar-refractivity contribution < 1.29 is 14.3 Å². The minimum atomic E-state index is -0.554. The van der Waals surface area contributed by atoms with E-state index in [9.17, 15) is 4.79 Å². The van der Waals surface area contributed by atoms with Crippen molar-refractivity contribution in [2.24, 2.45) is 22.7 Å². The Morgan fingerprint density at radius 2 is 1.11 bits per heavy atom. The maximum atomic E-state index is 11.5. The molecule has 0 aliphatic carbocycles. The first-order chi connectivity index (χ1) is 7.94. The van der Waals surface area contributed by atoms with Crippen LogP contribution in [0.3, 0.4) is 0 Å². The van der Waals surface area contributed by atoms with Crippen LogP contribution < -0.4 is 0 Å². The Hall–Kier alpha value is -0.730. The van der Waals surface area contributed by atoms with Gasteiger partial charge in [0, 0.05) is 0 Å². The van der Waals surface area contributed by atoms with Gasteiger partial charge in [-0.05, 0) is 22.7 Å². The molecule has 0 aromatic carbocycles. The van der Waals surface area contributed by atoms with E-state index in [-0.39, 0.29) is 10.8 Å². The second kappa shape index (κ2) is 6.44. The standard InChI is InChI=1S/C15H30O3/c1-11(14(3,4)5)9-17-13(16)18-10-12(2)15(6,7)8/h11-12H,9-10H2,1-8H3. The molecule has 0 aliphatic rings. The van der Waals surface area contributed by atoms with E-state index in [4.69, 9.17) is 9.47 Å². The smallest absolute Gasteiger partial charge is 0.434 e. The summed E-state index contributed by atoms with van der Waals surface area (Å²) in [6, 6.07) is 0. The summed E-state index contributed by atoms with van der Waals surface area (Å²) in [4.78, 5) is 11.5. The molecule has 0 fully saturated rings. The monoisotopic (exact) mass is 258 g/mol. The molecule has 108 valence electrons. The minimum Gasteiger partial charge on any atom is -0.434 e. The molecule has 0 amide bonds. The van der Waals surface area contributed by atoms with Crippen LogP contribution in [-0.4, -0.2) is 19.4 Å². The molecule has 2 unspecified atom stereocenters. The Bertz CT molecular complexity index is 232. The van der Waals surface area contributed by atoms with Gasteiger partial charge in [0.05, 0.1) is 13.2 Å². The molecule has 0 bridgehead atoms. The van der Waals surface area contributed by atoms with Gasteiger partial charge in [-0.2, -0.15) is 0 Å². The average molecular weight is 258 g/mol. The maximum Gasteiger partial charge on any atom is 0.508 e. The molecule has 0 spiro atoms. The predicted molar refractivity (Wildman–Crippen MR) is 74.5 cm³/mol. The summed E-state index contributed by atoms with van der Waals surface area (Å²) < 4.78 is 10.3. The van der Waals surface area contributed by atoms with Crippen molar-refractivity contribution in [3.8, 4) is 0 Å². The van der Waals surface area contributed by atoms with E-state index in [1.54, 1.807) is 0 Å². The summed E-state index contributed by atoms with van der Waals surface area (Å²) in [6.07, 6.45) is -0.554. The van der Waals surface area contributed by atoms with Gasteiger partial charge in [0.15, 0.2) is 0 Å². The third-order valence-corrected chi connectivity index (χ3v) is 3.86. The van der Waals surface area contributed by atoms with Crippen LogP contribution >= 0.6 is 0 Å². The quantitative estimate of drug-likeness (QED) is 0.696. The van der Waals surface area contributed by atoms with Crippen molar-refractivity contribution in [3.63, 3.8) is 0 Å². The number of ether oxygens (including phenoxy) is 2. The molecule has 0 aromatic rings. The molecule has 2 atom stereocenters. The maximum absolute atomic E-state index is 11.5. The molecule has 0 heterocycles. The van der Waals surface area contributed by atoms with E-state index in [1.807, 2.05) is 0 Å². The van der Waals surface area contributed by atoms with Crippen LogP contribution in [0.5, 0.6) is 0 Å². The first kappa shape index (κ1) is 17.3. The summed E-state index contributed by atoms with van der Waals surface area (Å²) in [5, 5.41) is 0. The molecule has 0 saturated heterocycles. The fourth-order valence-electron chi connectivity index (χ4n) is 0.928. The van der Waals surface area contributed by atoms with Gasteiger partial charge in [0.2, 0.25) is 0 Å². The molecule has 0 saturated carbocycles. The molecular weight excluding hydrogens is 228 g/mol. The Labute approximate surface area is 112 Å². The first-order valence-corrected chi connectivity index (χ1v) is 6.74. The Kier molecular flexibility index (Phi) is 6.18. The van der Waals surface area contributed by atoms with Crippen LogP contribution in [0.25, 0.3) is 0 Å². The number of rotatable bonds is 4. The minimum absolute atomic E-state index is 0.138. The van der Waals surface area contributed by atoms with E-state index in [1.165, 1.54) is 0 Å². The van der Waals surface area contributed by atoms with Crippen LogP contribution in [0, 0.1) is 22.7 Å². The first-order valence-electron chi connectivity index (χ1n) is 6.74. The molecule has 0 rings (SSSR count). The van der Waals surface area contributed by atoms with Crippen molar-refractivity contribution in [1.82, 2.24) is 0 Å². The lowest BCUT2D eigenvalue weighted by atomic mass is 9.83. The normalized spacial score (nSPS) is 16.0. The predicted octanol–water partition coefficient (Wildman–Crippen LogP) is 4.50. The lowest BCUT2D eigenvalue weighted by molar-refractivity contribution is 0.0149. The Balaban J connectivity index is 3.94. The third kappa shape index (κ3) is 6.87. The number of hydrogen-bond donors (Lipinski definition) is 0. The second-order valence-corrected chi connectivity index (χ2v) is 7.41. The zero-order chi connectivity index (χ0) is 14.6. The summed E-state index contributed by atoms with van der Waals surface area (Å²) in [7, 11) is 0. The zero-order valence-electron chi connectivity index (χ0n) is 13.3. The molecular formula is C15H30O3. The van der Waals surface area contributed by atoms with Crippen molar-refractivity contribution >= 4 is 6.16 Å². The van der Waals surface area contributed by atoms with Crippen LogP contribution in [0.2, 0.25) is 0 Å². The van der Waals surface area contributed by atoms with Gasteiger partial charge < -0.3 is 9.47 Å². The van der Waals surface area contributed by atoms with Gasteiger partial charge in [0.25, 0.3) is 0 Å². The molecule has 0 aliphatic heterocycles. The number of hydrogen-bond acceptors (Lipinski definition) is 3. The molecule has 0 aromatic heterocycles. The third-order valence-electron chi connectivity index (χ3n) is 3.86. The fraction of sp³-hybridized carbons (Fsp3) is 0.933. The van der Waals surface area contributed by atoms with Gasteiger partial charge >= 0.3 is 6.16 Å². The molecule has 3 heteroatoms. The van der Waals surface area contributed by atoms with Gasteiger partial charge in [-0.25, -0.2) is 4.79 Å². The number of carbonyl (C=O) groups is 1. The van der Waals surface area contributed by atoms with Gasteiger partial charge in [0.1, 0.15) is 0 Å². The summed E-state index contributed by atoms with van der Waals surface area (Å²) >= 11 is 0. The highest BCUT2D eigenvalue weighted by atomic mass is 16.7. The summed E-state index contributed by atoms with van der Waals surface area (Å²) in [6.45, 7) is 17.8. The van der Waals surface area contributed by atoms with Crippen LogP contribution in [0.1, 0.15) is 55.4 Å². The SMILES string of the molecule is CC(COC(=O)OCC(C)C(C)(C)C)C(C)(C)C. The Morgan fingerprint density at radius 1 is 0.833 bits per heavy atom. The fourth-order valence-corrected chi connectivity index (χ4v) is 0.928. The van der Waals surface area contributed by atoms with E-state index in [0.717, 1.165) is 0 Å². The van der Waals surface area contributed by atoms with Crippen LogP contribution in [0.15, 0.2) is 0 Å². The van der Waals surface area contributed by atoms with Crippen molar-refractivity contribution in [3.05, 3.63) is 0 Å². The van der Waals surface area contributed by atoms with Crippen molar-refractivity contribution in [2.75, 3.05) is 13.2 Å². The highest BCUT2D eigenvalue weighted by Gasteiger charge is 2.24. The largest absolute Gasteiger partial charge is 0.508 e. The zero-order valence-corrected chi connectivity index (χ0v) is 13.3. The average Bonchev–Trinajstić information content (AvgIpc) is 2.19. The van der Waals surface area contributed by atoms with Gasteiger partial charge in [-0.15, -0.1) is 0 Å². The second-order valence-electron chi connectivity index (χ2n) is 7.41. The van der Waals surface area contributed by atoms with Crippen LogP contribution in [-0.2, 0) is 9.47 Å². The summed E-state index contributed by atoms with van der Waals surface area (Å²) in [5.74, 6) is 0.621. The Morgan fingerprint density at radius 3 is 1.33 bits per heavy atom. The summed E-state index contributed by atoms with van der Waals surface area (Å²) in [5.41, 5.74) is 0.276. The van der Waals surface area contributed by atoms with E-state index in [0.29, 0.717) is 25.0 Å². The highest BCUT2D eigenvalue weighted by molar-refractivity contribution is 5.59. The highest BCUT2D eigenvalue weighted by Crippen LogP contribution is 2.26. The van der Waals surface area contributed by atoms with E-state index < -0.39 is 6.16 Å². The van der Waals surface area contributed by atoms with Crippen LogP contribution in [0.4, 0.5) is 4.79 Å². The van der Waals surface area contributed by atoms with E-state index in [2.05, 4.69) is 55.4 Å². The van der Waals surface area contributed by atoms with Gasteiger partial charge in [-0.3, -0.25) is 0 Å². The number of carbonyl (C=O) groups excluding carboxylic acids is 1. The van der Waals surface area contributed by atoms with Crippen molar-refractivity contribution in [1.29, 1.82) is 0 Å². The van der Waals surface area contributed by atoms with Gasteiger partial charge in [-0.1, -0.05) is 55.4 Å². The lowest BCUT2D eigenvalue weighted by Gasteiger charge is -2.28. The molecule has 0 N–H and O–H groups in total. The molecule has 18 heavy (non-hydrogen) atoms. The molecule has 0 radical (unpaired) electrons. The lowest BCUT2D eigenvalue weighted by Crippen LogP contribution is -2.26. The van der Waals surface area contributed by atoms with E-state index >= 15 is 0 Å².